The number of H-pyrrole nitrogens is 1. The number of rotatable bonds is 7. The number of carbonyl (C=O) groups is 2. The number of nitrogens with zero attached hydrogens (tertiary/aromatic N) is 1. The monoisotopic (exact) mass is 296 g/mol. The molecule has 1 aromatic rings. The standard InChI is InChI=1S/C12H16N4O3S/c1-3-4-14-9(17)5-8-6-10(18)16-12(15-8)20-7-11(19)13-2/h3,6H,1,4-5,7H2,2H3,(H,13,19)(H,14,17)(H,15,16,18). The first-order chi connectivity index (χ1) is 9.55. The van der Waals surface area contributed by atoms with Gasteiger partial charge in [0.05, 0.1) is 17.9 Å². The minimum atomic E-state index is -0.356. The Bertz CT molecular complexity index is 556. The fourth-order valence-electron chi connectivity index (χ4n) is 1.26. The first-order valence-electron chi connectivity index (χ1n) is 5.86. The molecule has 0 unspecified atom stereocenters. The minimum Gasteiger partial charge on any atom is -0.358 e. The van der Waals surface area contributed by atoms with Crippen LogP contribution in [0.3, 0.4) is 0 Å². The third kappa shape index (κ3) is 5.70. The molecule has 108 valence electrons. The second kappa shape index (κ2) is 8.16. The Labute approximate surface area is 120 Å². The highest BCUT2D eigenvalue weighted by atomic mass is 32.2. The topological polar surface area (TPSA) is 104 Å². The van der Waals surface area contributed by atoms with E-state index in [1.54, 1.807) is 6.08 Å². The van der Waals surface area contributed by atoms with Crippen LogP contribution < -0.4 is 16.2 Å². The Balaban J connectivity index is 2.70. The molecular formula is C12H16N4O3S. The van der Waals surface area contributed by atoms with Crippen molar-refractivity contribution in [3.8, 4) is 0 Å². The molecule has 0 saturated heterocycles. The molecule has 7 nitrogen and oxygen atoms in total. The molecular weight excluding hydrogens is 280 g/mol. The lowest BCUT2D eigenvalue weighted by Gasteiger charge is -2.04. The molecule has 0 aliphatic carbocycles. The molecule has 3 N–H and O–H groups in total. The van der Waals surface area contributed by atoms with E-state index in [9.17, 15) is 14.4 Å². The summed E-state index contributed by atoms with van der Waals surface area (Å²) in [5.41, 5.74) is 0.000598. The van der Waals surface area contributed by atoms with Crippen LogP contribution in [-0.4, -0.2) is 41.1 Å². The summed E-state index contributed by atoms with van der Waals surface area (Å²) in [7, 11) is 1.53. The van der Waals surface area contributed by atoms with Crippen molar-refractivity contribution in [2.24, 2.45) is 0 Å². The van der Waals surface area contributed by atoms with Crippen LogP contribution in [0.4, 0.5) is 0 Å². The lowest BCUT2D eigenvalue weighted by atomic mass is 10.3. The molecule has 0 fully saturated rings. The summed E-state index contributed by atoms with van der Waals surface area (Å²) in [6.45, 7) is 3.85. The van der Waals surface area contributed by atoms with E-state index < -0.39 is 0 Å². The molecule has 0 saturated carbocycles. The van der Waals surface area contributed by atoms with E-state index in [1.165, 1.54) is 13.1 Å². The van der Waals surface area contributed by atoms with E-state index in [1.807, 2.05) is 0 Å². The fourth-order valence-corrected chi connectivity index (χ4v) is 2.03. The normalized spacial score (nSPS) is 9.85. The van der Waals surface area contributed by atoms with Gasteiger partial charge in [-0.2, -0.15) is 0 Å². The number of aromatic nitrogens is 2. The molecule has 0 bridgehead atoms. The number of hydrogen-bond acceptors (Lipinski definition) is 5. The third-order valence-electron chi connectivity index (χ3n) is 2.18. The lowest BCUT2D eigenvalue weighted by Crippen LogP contribution is -2.26. The molecule has 0 aromatic carbocycles. The summed E-state index contributed by atoms with van der Waals surface area (Å²) in [5, 5.41) is 5.38. The largest absolute Gasteiger partial charge is 0.358 e. The van der Waals surface area contributed by atoms with Crippen molar-refractivity contribution in [1.29, 1.82) is 0 Å². The zero-order valence-corrected chi connectivity index (χ0v) is 11.9. The third-order valence-corrected chi connectivity index (χ3v) is 3.05. The van der Waals surface area contributed by atoms with Crippen LogP contribution in [0.5, 0.6) is 0 Å². The number of hydrogen-bond donors (Lipinski definition) is 3. The molecule has 0 spiro atoms. The molecule has 2 amide bonds. The van der Waals surface area contributed by atoms with Crippen molar-refractivity contribution in [2.45, 2.75) is 11.6 Å². The summed E-state index contributed by atoms with van der Waals surface area (Å²) in [4.78, 5) is 40.8. The van der Waals surface area contributed by atoms with E-state index >= 15 is 0 Å². The summed E-state index contributed by atoms with van der Waals surface area (Å²) >= 11 is 1.10. The van der Waals surface area contributed by atoms with Gasteiger partial charge in [0.15, 0.2) is 5.16 Å². The van der Waals surface area contributed by atoms with Gasteiger partial charge in [0.2, 0.25) is 11.8 Å². The van der Waals surface area contributed by atoms with Crippen molar-refractivity contribution < 1.29 is 9.59 Å². The highest BCUT2D eigenvalue weighted by Gasteiger charge is 2.08. The number of carbonyl (C=O) groups excluding carboxylic acids is 2. The van der Waals surface area contributed by atoms with Gasteiger partial charge in [-0.15, -0.1) is 6.58 Å². The van der Waals surface area contributed by atoms with Crippen LogP contribution in [0.1, 0.15) is 5.69 Å². The SMILES string of the molecule is C=CCNC(=O)Cc1cc(=O)[nH]c(SCC(=O)NC)n1. The van der Waals surface area contributed by atoms with Crippen LogP contribution in [0.25, 0.3) is 0 Å². The fraction of sp³-hybridized carbons (Fsp3) is 0.333. The maximum Gasteiger partial charge on any atom is 0.251 e. The number of nitrogens with one attached hydrogen (secondary N) is 3. The van der Waals surface area contributed by atoms with Gasteiger partial charge in [0.1, 0.15) is 0 Å². The van der Waals surface area contributed by atoms with Crippen molar-refractivity contribution in [2.75, 3.05) is 19.3 Å². The van der Waals surface area contributed by atoms with Crippen LogP contribution in [-0.2, 0) is 16.0 Å². The summed E-state index contributed by atoms with van der Waals surface area (Å²) in [6, 6.07) is 1.26. The molecule has 0 radical (unpaired) electrons. The summed E-state index contributed by atoms with van der Waals surface area (Å²) < 4.78 is 0. The van der Waals surface area contributed by atoms with Crippen molar-refractivity contribution >= 4 is 23.6 Å². The first kappa shape index (κ1) is 16.0. The maximum atomic E-state index is 11.5. The Morgan fingerprint density at radius 2 is 2.25 bits per heavy atom. The van der Waals surface area contributed by atoms with Crippen LogP contribution in [0, 0.1) is 0 Å². The second-order valence-electron chi connectivity index (χ2n) is 3.77. The highest BCUT2D eigenvalue weighted by Crippen LogP contribution is 2.10. The molecule has 1 aromatic heterocycles. The van der Waals surface area contributed by atoms with Gasteiger partial charge < -0.3 is 15.6 Å². The Kier molecular flexibility index (Phi) is 6.51. The van der Waals surface area contributed by atoms with Gasteiger partial charge in [0.25, 0.3) is 5.56 Å². The number of aromatic amines is 1. The summed E-state index contributed by atoms with van der Waals surface area (Å²) in [6.07, 6.45) is 1.57. The van der Waals surface area contributed by atoms with Gasteiger partial charge in [-0.1, -0.05) is 17.8 Å². The van der Waals surface area contributed by atoms with Gasteiger partial charge in [-0.3, -0.25) is 14.4 Å². The molecule has 0 atom stereocenters. The average molecular weight is 296 g/mol. The smallest absolute Gasteiger partial charge is 0.251 e. The van der Waals surface area contributed by atoms with E-state index in [2.05, 4.69) is 27.2 Å². The average Bonchev–Trinajstić information content (AvgIpc) is 2.41. The lowest BCUT2D eigenvalue weighted by molar-refractivity contribution is -0.120. The number of thioether (sulfide) groups is 1. The van der Waals surface area contributed by atoms with Crippen LogP contribution in [0.2, 0.25) is 0 Å². The Morgan fingerprint density at radius 1 is 1.50 bits per heavy atom. The summed E-state index contributed by atoms with van der Waals surface area (Å²) in [5.74, 6) is -0.275. The van der Waals surface area contributed by atoms with Gasteiger partial charge in [-0.05, 0) is 0 Å². The quantitative estimate of drug-likeness (QED) is 0.356. The van der Waals surface area contributed by atoms with Gasteiger partial charge >= 0.3 is 0 Å². The zero-order valence-electron chi connectivity index (χ0n) is 11.1. The maximum absolute atomic E-state index is 11.5. The van der Waals surface area contributed by atoms with E-state index in [0.717, 1.165) is 11.8 Å². The second-order valence-corrected chi connectivity index (χ2v) is 4.74. The predicted octanol–water partition coefficient (Wildman–Crippen LogP) is -0.547. The predicted molar refractivity (Wildman–Crippen MR) is 76.6 cm³/mol. The van der Waals surface area contributed by atoms with Crippen molar-refractivity contribution in [3.63, 3.8) is 0 Å². The number of amides is 2. The Morgan fingerprint density at radius 3 is 2.90 bits per heavy atom. The molecule has 0 aliphatic rings. The zero-order chi connectivity index (χ0) is 15.0. The van der Waals surface area contributed by atoms with Crippen LogP contribution in [0.15, 0.2) is 28.7 Å². The Hall–Kier alpha value is -2.09. The van der Waals surface area contributed by atoms with Crippen molar-refractivity contribution in [3.05, 3.63) is 34.8 Å². The van der Waals surface area contributed by atoms with Crippen molar-refractivity contribution in [1.82, 2.24) is 20.6 Å². The van der Waals surface area contributed by atoms with Crippen LogP contribution >= 0.6 is 11.8 Å². The molecule has 1 rings (SSSR count). The first-order valence-corrected chi connectivity index (χ1v) is 6.85. The highest BCUT2D eigenvalue weighted by molar-refractivity contribution is 7.99. The minimum absolute atomic E-state index is 0.00525. The molecule has 8 heteroatoms. The van der Waals surface area contributed by atoms with Gasteiger partial charge in [-0.25, -0.2) is 4.98 Å². The molecule has 1 heterocycles. The molecule has 0 aliphatic heterocycles. The van der Waals surface area contributed by atoms with E-state index in [-0.39, 0.29) is 29.5 Å². The van der Waals surface area contributed by atoms with Gasteiger partial charge in [0, 0.05) is 19.7 Å². The van der Waals surface area contributed by atoms with E-state index in [4.69, 9.17) is 0 Å². The molecule has 20 heavy (non-hydrogen) atoms. The van der Waals surface area contributed by atoms with E-state index in [0.29, 0.717) is 17.4 Å².